The van der Waals surface area contributed by atoms with E-state index in [9.17, 15) is 0 Å². The van der Waals surface area contributed by atoms with Gasteiger partial charge in [-0.1, -0.05) is 11.0 Å². The Labute approximate surface area is 78.7 Å². The zero-order valence-corrected chi connectivity index (χ0v) is 7.95. The second-order valence-corrected chi connectivity index (χ2v) is 4.50. The standard InChI is InChI=1S/C9H14BN3/c10-9-5-1-3-7-8(12-13-11-7)4-2-6(5)9/h5-6,9H,1-4,10H2,(H,11,12,13). The number of fused-ring (bicyclic) bond motifs is 2. The Hall–Kier alpha value is -0.795. The zero-order chi connectivity index (χ0) is 8.84. The van der Waals surface area contributed by atoms with Gasteiger partial charge >= 0.3 is 0 Å². The topological polar surface area (TPSA) is 41.6 Å². The number of aryl methyl sites for hydroxylation is 2. The van der Waals surface area contributed by atoms with Crippen molar-refractivity contribution >= 4 is 7.85 Å². The maximum Gasteiger partial charge on any atom is 0.106 e. The highest BCUT2D eigenvalue weighted by Gasteiger charge is 2.45. The van der Waals surface area contributed by atoms with Crippen molar-refractivity contribution in [1.29, 1.82) is 0 Å². The third kappa shape index (κ3) is 1.11. The molecule has 0 aliphatic heterocycles. The lowest BCUT2D eigenvalue weighted by molar-refractivity contribution is 0.579. The first kappa shape index (κ1) is 7.59. The van der Waals surface area contributed by atoms with Crippen LogP contribution in [0.1, 0.15) is 24.2 Å². The van der Waals surface area contributed by atoms with Gasteiger partial charge in [-0.15, -0.1) is 5.10 Å². The average molecular weight is 175 g/mol. The molecule has 1 aromatic heterocycles. The number of nitrogens with zero attached hydrogens (tertiary/aromatic N) is 2. The summed E-state index contributed by atoms with van der Waals surface area (Å²) in [5.41, 5.74) is 2.51. The van der Waals surface area contributed by atoms with Crippen molar-refractivity contribution in [1.82, 2.24) is 15.4 Å². The highest BCUT2D eigenvalue weighted by atomic mass is 15.3. The van der Waals surface area contributed by atoms with Crippen LogP contribution < -0.4 is 0 Å². The normalized spacial score (nSPS) is 37.1. The summed E-state index contributed by atoms with van der Waals surface area (Å²) >= 11 is 0. The van der Waals surface area contributed by atoms with E-state index < -0.39 is 0 Å². The smallest absolute Gasteiger partial charge is 0.106 e. The van der Waals surface area contributed by atoms with Gasteiger partial charge in [-0.05, 0) is 37.5 Å². The predicted molar refractivity (Wildman–Crippen MR) is 52.3 cm³/mol. The summed E-state index contributed by atoms with van der Waals surface area (Å²) in [7, 11) is 2.39. The minimum Gasteiger partial charge on any atom is -0.262 e. The number of hydrogen-bond donors (Lipinski definition) is 1. The van der Waals surface area contributed by atoms with Gasteiger partial charge in [0.25, 0.3) is 0 Å². The lowest BCUT2D eigenvalue weighted by Crippen LogP contribution is -2.00. The van der Waals surface area contributed by atoms with E-state index >= 15 is 0 Å². The molecule has 3 nitrogen and oxygen atoms in total. The summed E-state index contributed by atoms with van der Waals surface area (Å²) in [5.74, 6) is 2.96. The van der Waals surface area contributed by atoms with Crippen LogP contribution in [0.5, 0.6) is 0 Å². The zero-order valence-electron chi connectivity index (χ0n) is 7.95. The van der Waals surface area contributed by atoms with E-state index in [2.05, 4.69) is 23.3 Å². The molecule has 1 heterocycles. The summed E-state index contributed by atoms with van der Waals surface area (Å²) in [6.07, 6.45) is 4.96. The summed E-state index contributed by atoms with van der Waals surface area (Å²) in [6.45, 7) is 0. The van der Waals surface area contributed by atoms with Gasteiger partial charge in [-0.25, -0.2) is 0 Å². The van der Waals surface area contributed by atoms with Gasteiger partial charge in [0.1, 0.15) is 7.85 Å². The number of H-pyrrole nitrogens is 1. The van der Waals surface area contributed by atoms with Gasteiger partial charge in [-0.3, -0.25) is 5.10 Å². The molecule has 0 aromatic carbocycles. The molecule has 0 amide bonds. The van der Waals surface area contributed by atoms with Gasteiger partial charge in [-0.2, -0.15) is 0 Å². The maximum atomic E-state index is 4.13. The summed E-state index contributed by atoms with van der Waals surface area (Å²) < 4.78 is 0. The van der Waals surface area contributed by atoms with Crippen molar-refractivity contribution in [2.45, 2.75) is 31.5 Å². The average Bonchev–Trinajstić information content (AvgIpc) is 2.55. The molecular weight excluding hydrogens is 161 g/mol. The Kier molecular flexibility index (Phi) is 1.52. The quantitative estimate of drug-likeness (QED) is 0.578. The minimum atomic E-state index is 0.969. The second kappa shape index (κ2) is 2.60. The summed E-state index contributed by atoms with van der Waals surface area (Å²) in [4.78, 5) is 0. The van der Waals surface area contributed by atoms with Crippen LogP contribution in [0.2, 0.25) is 5.82 Å². The molecule has 68 valence electrons. The van der Waals surface area contributed by atoms with Crippen LogP contribution in [0.25, 0.3) is 0 Å². The Morgan fingerprint density at radius 2 is 2.00 bits per heavy atom. The molecule has 0 bridgehead atoms. The maximum absolute atomic E-state index is 4.13. The van der Waals surface area contributed by atoms with E-state index in [0.717, 1.165) is 30.5 Å². The van der Waals surface area contributed by atoms with E-state index in [-0.39, 0.29) is 0 Å². The molecule has 2 aliphatic rings. The van der Waals surface area contributed by atoms with Gasteiger partial charge in [0.2, 0.25) is 0 Å². The Bertz CT molecular complexity index is 294. The van der Waals surface area contributed by atoms with Gasteiger partial charge in [0.15, 0.2) is 0 Å². The van der Waals surface area contributed by atoms with E-state index in [1.807, 2.05) is 0 Å². The molecule has 0 saturated heterocycles. The molecule has 0 radical (unpaired) electrons. The summed E-state index contributed by atoms with van der Waals surface area (Å²) in [5, 5.41) is 11.0. The number of nitrogens with one attached hydrogen (secondary N) is 1. The molecule has 1 fully saturated rings. The van der Waals surface area contributed by atoms with Crippen molar-refractivity contribution in [3.63, 3.8) is 0 Å². The van der Waals surface area contributed by atoms with Crippen molar-refractivity contribution in [3.05, 3.63) is 11.4 Å². The van der Waals surface area contributed by atoms with E-state index in [0.29, 0.717) is 0 Å². The number of rotatable bonds is 0. The van der Waals surface area contributed by atoms with Crippen LogP contribution in [0.4, 0.5) is 0 Å². The minimum absolute atomic E-state index is 0.969. The fourth-order valence-corrected chi connectivity index (χ4v) is 2.88. The van der Waals surface area contributed by atoms with E-state index in [4.69, 9.17) is 0 Å². The van der Waals surface area contributed by atoms with Gasteiger partial charge in [0.05, 0.1) is 11.4 Å². The van der Waals surface area contributed by atoms with E-state index in [1.54, 1.807) is 0 Å². The van der Waals surface area contributed by atoms with Crippen LogP contribution in [0, 0.1) is 11.8 Å². The number of hydrogen-bond acceptors (Lipinski definition) is 2. The van der Waals surface area contributed by atoms with Crippen LogP contribution in [0.3, 0.4) is 0 Å². The Morgan fingerprint density at radius 3 is 2.85 bits per heavy atom. The molecule has 4 heteroatoms. The van der Waals surface area contributed by atoms with Crippen molar-refractivity contribution < 1.29 is 0 Å². The van der Waals surface area contributed by atoms with Crippen molar-refractivity contribution in [2.75, 3.05) is 0 Å². The molecule has 1 aromatic rings. The summed E-state index contributed by atoms with van der Waals surface area (Å²) in [6, 6.07) is 0. The largest absolute Gasteiger partial charge is 0.262 e. The molecule has 0 spiro atoms. The second-order valence-electron chi connectivity index (χ2n) is 4.50. The number of aromatic nitrogens is 3. The monoisotopic (exact) mass is 175 g/mol. The third-order valence-corrected chi connectivity index (χ3v) is 3.91. The fourth-order valence-electron chi connectivity index (χ4n) is 2.88. The third-order valence-electron chi connectivity index (χ3n) is 3.91. The van der Waals surface area contributed by atoms with E-state index in [1.165, 1.54) is 24.2 Å². The van der Waals surface area contributed by atoms with Crippen LogP contribution in [-0.2, 0) is 12.8 Å². The molecular formula is C9H14BN3. The Balaban J connectivity index is 1.83. The lowest BCUT2D eigenvalue weighted by Gasteiger charge is -2.05. The molecule has 13 heavy (non-hydrogen) atoms. The first-order valence-corrected chi connectivity index (χ1v) is 5.25. The molecule has 3 unspecified atom stereocenters. The molecule has 1 N–H and O–H groups in total. The van der Waals surface area contributed by atoms with Crippen molar-refractivity contribution in [3.8, 4) is 0 Å². The van der Waals surface area contributed by atoms with Crippen LogP contribution in [0.15, 0.2) is 0 Å². The SMILES string of the molecule is BC1C2CCc3nn[nH]c3CCC12. The lowest BCUT2D eigenvalue weighted by atomic mass is 9.97. The molecule has 1 saturated carbocycles. The molecule has 3 rings (SSSR count). The van der Waals surface area contributed by atoms with Crippen LogP contribution in [-0.4, -0.2) is 23.3 Å². The van der Waals surface area contributed by atoms with Crippen LogP contribution >= 0.6 is 0 Å². The Morgan fingerprint density at radius 1 is 1.23 bits per heavy atom. The molecule has 3 atom stereocenters. The predicted octanol–water partition coefficient (Wildman–Crippen LogP) is 0.351. The number of aromatic amines is 1. The highest BCUT2D eigenvalue weighted by Crippen LogP contribution is 2.55. The van der Waals surface area contributed by atoms with Gasteiger partial charge in [0, 0.05) is 0 Å². The highest BCUT2D eigenvalue weighted by molar-refractivity contribution is 6.14. The molecule has 2 aliphatic carbocycles. The van der Waals surface area contributed by atoms with Gasteiger partial charge < -0.3 is 0 Å². The fraction of sp³-hybridized carbons (Fsp3) is 0.778. The first-order valence-electron chi connectivity index (χ1n) is 5.25. The first-order chi connectivity index (χ1) is 6.36. The van der Waals surface area contributed by atoms with Crippen molar-refractivity contribution in [2.24, 2.45) is 11.8 Å².